The van der Waals surface area contributed by atoms with Gasteiger partial charge >= 0.3 is 0 Å². The molecule has 0 aliphatic rings. The predicted octanol–water partition coefficient (Wildman–Crippen LogP) is 3.94. The van der Waals surface area contributed by atoms with Crippen LogP contribution < -0.4 is 11.1 Å². The molecule has 2 aromatic carbocycles. The molecule has 0 spiro atoms. The molecule has 3 N–H and O–H groups in total. The minimum atomic E-state index is -0.293. The quantitative estimate of drug-likeness (QED) is 0.657. The van der Waals surface area contributed by atoms with Gasteiger partial charge in [0.1, 0.15) is 11.0 Å². The van der Waals surface area contributed by atoms with Crippen molar-refractivity contribution in [2.75, 3.05) is 11.1 Å². The number of amides is 1. The number of carbonyl (C=O) groups excluding carboxylic acids is 1. The van der Waals surface area contributed by atoms with Gasteiger partial charge in [-0.2, -0.15) is 8.75 Å². The average molecular weight is 384 g/mol. The van der Waals surface area contributed by atoms with Crippen LogP contribution in [0.25, 0.3) is 11.0 Å². The normalized spacial score (nSPS) is 10.8. The Morgan fingerprint density at radius 1 is 1.29 bits per heavy atom. The molecule has 0 saturated heterocycles. The summed E-state index contributed by atoms with van der Waals surface area (Å²) in [7, 11) is 0. The van der Waals surface area contributed by atoms with E-state index in [1.807, 2.05) is 0 Å². The molecule has 21 heavy (non-hydrogen) atoms. The standard InChI is InChI=1S/C13H8BrClN4OS/c14-7-5-6(1-3-9(7)16)13(20)17-11-8(15)2-4-10-12(11)19-21-18-10/h1-5H,16H2,(H,17,20). The number of rotatable bonds is 2. The smallest absolute Gasteiger partial charge is 0.255 e. The number of nitrogens with zero attached hydrogens (tertiary/aromatic N) is 2. The second-order valence-corrected chi connectivity index (χ2v) is 6.03. The van der Waals surface area contributed by atoms with E-state index in [0.717, 1.165) is 11.7 Å². The van der Waals surface area contributed by atoms with Crippen molar-refractivity contribution in [1.82, 2.24) is 8.75 Å². The molecule has 0 unspecified atom stereocenters. The molecule has 0 atom stereocenters. The van der Waals surface area contributed by atoms with Crippen LogP contribution in [0.2, 0.25) is 5.02 Å². The molecule has 1 heterocycles. The lowest BCUT2D eigenvalue weighted by atomic mass is 10.2. The Labute approximate surface area is 137 Å². The second kappa shape index (κ2) is 5.59. The lowest BCUT2D eigenvalue weighted by Gasteiger charge is -2.08. The summed E-state index contributed by atoms with van der Waals surface area (Å²) in [5, 5.41) is 3.19. The number of fused-ring (bicyclic) bond motifs is 1. The van der Waals surface area contributed by atoms with Crippen LogP contribution in [0, 0.1) is 0 Å². The minimum absolute atomic E-state index is 0.293. The summed E-state index contributed by atoms with van der Waals surface area (Å²) in [5.74, 6) is -0.293. The lowest BCUT2D eigenvalue weighted by molar-refractivity contribution is 0.102. The maximum atomic E-state index is 12.3. The lowest BCUT2D eigenvalue weighted by Crippen LogP contribution is -2.12. The van der Waals surface area contributed by atoms with E-state index in [9.17, 15) is 4.79 Å². The largest absolute Gasteiger partial charge is 0.398 e. The van der Waals surface area contributed by atoms with Crippen LogP contribution in [0.4, 0.5) is 11.4 Å². The summed E-state index contributed by atoms with van der Waals surface area (Å²) in [5.41, 5.74) is 8.47. The summed E-state index contributed by atoms with van der Waals surface area (Å²) in [6.45, 7) is 0. The first-order valence-electron chi connectivity index (χ1n) is 5.83. The third-order valence-corrected chi connectivity index (χ3v) is 4.42. The molecule has 0 bridgehead atoms. The van der Waals surface area contributed by atoms with Crippen molar-refractivity contribution >= 4 is 67.6 Å². The fraction of sp³-hybridized carbons (Fsp3) is 0. The number of nitrogen functional groups attached to an aromatic ring is 1. The predicted molar refractivity (Wildman–Crippen MR) is 88.9 cm³/mol. The summed E-state index contributed by atoms with van der Waals surface area (Å²) in [4.78, 5) is 12.3. The van der Waals surface area contributed by atoms with Crippen LogP contribution in [0.1, 0.15) is 10.4 Å². The number of halogens is 2. The second-order valence-electron chi connectivity index (χ2n) is 4.24. The third-order valence-electron chi connectivity index (χ3n) is 2.88. The first-order valence-corrected chi connectivity index (χ1v) is 7.73. The van der Waals surface area contributed by atoms with E-state index in [1.54, 1.807) is 30.3 Å². The van der Waals surface area contributed by atoms with Gasteiger partial charge in [0.05, 0.1) is 22.4 Å². The van der Waals surface area contributed by atoms with E-state index in [0.29, 0.717) is 37.5 Å². The van der Waals surface area contributed by atoms with E-state index < -0.39 is 0 Å². The number of anilines is 2. The summed E-state index contributed by atoms with van der Waals surface area (Å²) in [6.07, 6.45) is 0. The van der Waals surface area contributed by atoms with E-state index in [4.69, 9.17) is 17.3 Å². The molecule has 5 nitrogen and oxygen atoms in total. The highest BCUT2D eigenvalue weighted by molar-refractivity contribution is 9.10. The topological polar surface area (TPSA) is 80.9 Å². The van der Waals surface area contributed by atoms with Crippen LogP contribution >= 0.6 is 39.3 Å². The molecule has 0 radical (unpaired) electrons. The molecule has 3 rings (SSSR count). The van der Waals surface area contributed by atoms with Crippen molar-refractivity contribution in [2.45, 2.75) is 0 Å². The highest BCUT2D eigenvalue weighted by Crippen LogP contribution is 2.30. The Morgan fingerprint density at radius 3 is 2.86 bits per heavy atom. The van der Waals surface area contributed by atoms with Gasteiger partial charge in [0.15, 0.2) is 0 Å². The van der Waals surface area contributed by atoms with E-state index >= 15 is 0 Å². The fourth-order valence-electron chi connectivity index (χ4n) is 1.80. The van der Waals surface area contributed by atoms with Crippen LogP contribution in [0.3, 0.4) is 0 Å². The zero-order valence-electron chi connectivity index (χ0n) is 10.4. The van der Waals surface area contributed by atoms with Crippen LogP contribution in [-0.2, 0) is 0 Å². The Bertz CT molecular complexity index is 851. The molecule has 3 aromatic rings. The number of nitrogens with two attached hydrogens (primary N) is 1. The monoisotopic (exact) mass is 382 g/mol. The molecule has 0 aliphatic carbocycles. The van der Waals surface area contributed by atoms with Gasteiger partial charge in [-0.15, -0.1) is 0 Å². The van der Waals surface area contributed by atoms with Crippen LogP contribution in [0.15, 0.2) is 34.8 Å². The number of nitrogens with one attached hydrogen (secondary N) is 1. The highest BCUT2D eigenvalue weighted by Gasteiger charge is 2.14. The van der Waals surface area contributed by atoms with E-state index in [-0.39, 0.29) is 5.91 Å². The Balaban J connectivity index is 1.98. The average Bonchev–Trinajstić information content (AvgIpc) is 2.93. The highest BCUT2D eigenvalue weighted by atomic mass is 79.9. The molecule has 1 amide bonds. The molecular formula is C13H8BrClN4OS. The van der Waals surface area contributed by atoms with Gasteiger partial charge < -0.3 is 11.1 Å². The molecule has 106 valence electrons. The number of aromatic nitrogens is 2. The molecule has 0 aliphatic heterocycles. The number of hydrogen-bond donors (Lipinski definition) is 2. The zero-order valence-corrected chi connectivity index (χ0v) is 13.6. The van der Waals surface area contributed by atoms with Crippen LogP contribution in [0.5, 0.6) is 0 Å². The van der Waals surface area contributed by atoms with Crippen molar-refractivity contribution < 1.29 is 4.79 Å². The van der Waals surface area contributed by atoms with Gasteiger partial charge in [0, 0.05) is 15.7 Å². The maximum Gasteiger partial charge on any atom is 0.255 e. The van der Waals surface area contributed by atoms with Crippen molar-refractivity contribution in [3.63, 3.8) is 0 Å². The SMILES string of the molecule is Nc1ccc(C(=O)Nc2c(Cl)ccc3nsnc23)cc1Br. The Morgan fingerprint density at radius 2 is 2.10 bits per heavy atom. The van der Waals surface area contributed by atoms with Gasteiger partial charge in [-0.3, -0.25) is 4.79 Å². The third kappa shape index (κ3) is 2.72. The van der Waals surface area contributed by atoms with Crippen molar-refractivity contribution in [3.05, 3.63) is 45.4 Å². The molecular weight excluding hydrogens is 376 g/mol. The van der Waals surface area contributed by atoms with Gasteiger partial charge in [-0.25, -0.2) is 0 Å². The molecule has 0 fully saturated rings. The van der Waals surface area contributed by atoms with E-state index in [2.05, 4.69) is 30.0 Å². The molecule has 8 heteroatoms. The summed E-state index contributed by atoms with van der Waals surface area (Å²) >= 11 is 10.5. The first-order chi connectivity index (χ1) is 10.1. The minimum Gasteiger partial charge on any atom is -0.398 e. The number of hydrogen-bond acceptors (Lipinski definition) is 5. The fourth-order valence-corrected chi connectivity index (χ4v) is 2.92. The van der Waals surface area contributed by atoms with E-state index in [1.165, 1.54) is 0 Å². The van der Waals surface area contributed by atoms with Gasteiger partial charge in [-0.05, 0) is 46.3 Å². The number of carbonyl (C=O) groups is 1. The Kier molecular flexibility index (Phi) is 3.79. The Hall–Kier alpha value is -1.70. The van der Waals surface area contributed by atoms with Crippen molar-refractivity contribution in [2.24, 2.45) is 0 Å². The van der Waals surface area contributed by atoms with Crippen LogP contribution in [-0.4, -0.2) is 14.7 Å². The van der Waals surface area contributed by atoms with Crippen molar-refractivity contribution in [1.29, 1.82) is 0 Å². The molecule has 1 aromatic heterocycles. The summed E-state index contributed by atoms with van der Waals surface area (Å²) < 4.78 is 8.94. The van der Waals surface area contributed by atoms with Gasteiger partial charge in [-0.1, -0.05) is 11.6 Å². The summed E-state index contributed by atoms with van der Waals surface area (Å²) in [6, 6.07) is 8.39. The van der Waals surface area contributed by atoms with Crippen molar-refractivity contribution in [3.8, 4) is 0 Å². The van der Waals surface area contributed by atoms with Gasteiger partial charge in [0.2, 0.25) is 0 Å². The first kappa shape index (κ1) is 14.2. The van der Waals surface area contributed by atoms with Gasteiger partial charge in [0.25, 0.3) is 5.91 Å². The number of benzene rings is 2. The zero-order chi connectivity index (χ0) is 15.0. The molecule has 0 saturated carbocycles. The maximum absolute atomic E-state index is 12.3.